The molecule has 0 bridgehead atoms. The molecule has 0 saturated heterocycles. The largest absolute Gasteiger partial charge is 0.444 e. The number of nitrogens with one attached hydrogen (secondary N) is 2. The summed E-state index contributed by atoms with van der Waals surface area (Å²) < 4.78 is 32.5. The van der Waals surface area contributed by atoms with E-state index >= 15 is 0 Å². The molecule has 1 amide bonds. The summed E-state index contributed by atoms with van der Waals surface area (Å²) in [7, 11) is 0. The average molecular weight is 306 g/mol. The quantitative estimate of drug-likeness (QED) is 0.819. The number of alkyl halides is 2. The molecule has 6 heteroatoms. The zero-order valence-electron chi connectivity index (χ0n) is 13.5. The number of hydrogen-bond donors (Lipinski definition) is 2. The van der Waals surface area contributed by atoms with Crippen molar-refractivity contribution < 1.29 is 18.3 Å². The second kappa shape index (κ2) is 7.38. The highest BCUT2D eigenvalue weighted by atomic mass is 19.3. The maximum Gasteiger partial charge on any atom is 0.407 e. The van der Waals surface area contributed by atoms with Crippen LogP contribution >= 0.6 is 0 Å². The summed E-state index contributed by atoms with van der Waals surface area (Å²) >= 11 is 0. The van der Waals surface area contributed by atoms with Gasteiger partial charge in [-0.05, 0) is 39.5 Å². The van der Waals surface area contributed by atoms with Crippen LogP contribution < -0.4 is 10.6 Å². The predicted octanol–water partition coefficient (Wildman–Crippen LogP) is 3.31. The first-order chi connectivity index (χ1) is 9.59. The molecule has 2 unspecified atom stereocenters. The van der Waals surface area contributed by atoms with Crippen molar-refractivity contribution in [2.24, 2.45) is 5.92 Å². The molecule has 2 atom stereocenters. The van der Waals surface area contributed by atoms with E-state index < -0.39 is 30.7 Å². The van der Waals surface area contributed by atoms with E-state index in [1.807, 2.05) is 0 Å². The topological polar surface area (TPSA) is 50.4 Å². The van der Waals surface area contributed by atoms with Gasteiger partial charge in [0.2, 0.25) is 0 Å². The third kappa shape index (κ3) is 7.60. The van der Waals surface area contributed by atoms with Crippen LogP contribution in [0.1, 0.15) is 53.4 Å². The summed E-state index contributed by atoms with van der Waals surface area (Å²) in [5.41, 5.74) is -0.685. The lowest BCUT2D eigenvalue weighted by atomic mass is 9.86. The van der Waals surface area contributed by atoms with Gasteiger partial charge in [-0.3, -0.25) is 0 Å². The van der Waals surface area contributed by atoms with Crippen LogP contribution in [0, 0.1) is 5.92 Å². The summed E-state index contributed by atoms with van der Waals surface area (Å²) in [6.45, 7) is 6.03. The van der Waals surface area contributed by atoms with E-state index in [2.05, 4.69) is 17.6 Å². The van der Waals surface area contributed by atoms with Crippen LogP contribution in [0.3, 0.4) is 0 Å². The average Bonchev–Trinajstić information content (AvgIpc) is 2.34. The van der Waals surface area contributed by atoms with Gasteiger partial charge in [-0.25, -0.2) is 13.6 Å². The van der Waals surface area contributed by atoms with E-state index in [4.69, 9.17) is 4.74 Å². The lowest BCUT2D eigenvalue weighted by Gasteiger charge is -2.31. The maximum atomic E-state index is 13.8. The first-order valence-corrected chi connectivity index (χ1v) is 7.67. The van der Waals surface area contributed by atoms with Gasteiger partial charge in [0, 0.05) is 6.04 Å². The Morgan fingerprint density at radius 1 is 1.19 bits per heavy atom. The number of amides is 1. The van der Waals surface area contributed by atoms with Gasteiger partial charge >= 0.3 is 6.09 Å². The fraction of sp³-hybridized carbons (Fsp3) is 0.933. The Hall–Kier alpha value is -0.910. The second-order valence-corrected chi connectivity index (χ2v) is 6.96. The Morgan fingerprint density at radius 2 is 1.81 bits per heavy atom. The predicted molar refractivity (Wildman–Crippen MR) is 78.6 cm³/mol. The zero-order chi connectivity index (χ0) is 16.1. The molecular weight excluding hydrogens is 278 g/mol. The van der Waals surface area contributed by atoms with Crippen molar-refractivity contribution >= 4 is 6.09 Å². The molecule has 0 aromatic heterocycles. The summed E-state index contributed by atoms with van der Waals surface area (Å²) in [6.07, 6.45) is 3.48. The van der Waals surface area contributed by atoms with E-state index in [9.17, 15) is 13.6 Å². The standard InChI is InChI=1S/C15H28F2N2O2/c1-11-7-5-6-8-12(11)18-9-15(16,17)10-19-13(20)21-14(2,3)4/h11-12,18H,5-10H2,1-4H3,(H,19,20). The highest BCUT2D eigenvalue weighted by Gasteiger charge is 2.32. The zero-order valence-corrected chi connectivity index (χ0v) is 13.5. The Bertz CT molecular complexity index is 343. The Labute approximate surface area is 126 Å². The van der Waals surface area contributed by atoms with Gasteiger partial charge in [-0.1, -0.05) is 19.8 Å². The minimum Gasteiger partial charge on any atom is -0.444 e. The number of ether oxygens (including phenoxy) is 1. The van der Waals surface area contributed by atoms with Gasteiger partial charge in [0.1, 0.15) is 5.60 Å². The van der Waals surface area contributed by atoms with Crippen LogP contribution in [0.4, 0.5) is 13.6 Å². The molecule has 0 aromatic rings. The van der Waals surface area contributed by atoms with Crippen molar-refractivity contribution in [2.75, 3.05) is 13.1 Å². The molecule has 2 N–H and O–H groups in total. The molecule has 1 rings (SSSR count). The third-order valence-electron chi connectivity index (χ3n) is 3.62. The van der Waals surface area contributed by atoms with Gasteiger partial charge in [0.25, 0.3) is 5.92 Å². The highest BCUT2D eigenvalue weighted by Crippen LogP contribution is 2.24. The molecule has 0 heterocycles. The van der Waals surface area contributed by atoms with Gasteiger partial charge in [-0.15, -0.1) is 0 Å². The first-order valence-electron chi connectivity index (χ1n) is 7.67. The van der Waals surface area contributed by atoms with Crippen molar-refractivity contribution in [1.29, 1.82) is 0 Å². The molecule has 1 aliphatic rings. The number of alkyl carbamates (subject to hydrolysis) is 1. The normalized spacial score (nSPS) is 23.7. The van der Waals surface area contributed by atoms with Crippen LogP contribution in [0.15, 0.2) is 0 Å². The van der Waals surface area contributed by atoms with E-state index in [0.717, 1.165) is 19.3 Å². The van der Waals surface area contributed by atoms with Gasteiger partial charge in [-0.2, -0.15) is 0 Å². The van der Waals surface area contributed by atoms with E-state index in [-0.39, 0.29) is 6.04 Å². The summed E-state index contributed by atoms with van der Waals surface area (Å²) in [6, 6.07) is 0.145. The molecule has 1 saturated carbocycles. The molecule has 4 nitrogen and oxygen atoms in total. The Morgan fingerprint density at radius 3 is 2.38 bits per heavy atom. The smallest absolute Gasteiger partial charge is 0.407 e. The van der Waals surface area contributed by atoms with Crippen LogP contribution in [0.5, 0.6) is 0 Å². The minimum atomic E-state index is -2.98. The monoisotopic (exact) mass is 306 g/mol. The number of hydrogen-bond acceptors (Lipinski definition) is 3. The summed E-state index contributed by atoms with van der Waals surface area (Å²) in [5, 5.41) is 5.07. The van der Waals surface area contributed by atoms with Crippen molar-refractivity contribution in [3.05, 3.63) is 0 Å². The Kier molecular flexibility index (Phi) is 6.38. The number of rotatable bonds is 5. The van der Waals surface area contributed by atoms with Crippen molar-refractivity contribution in [3.63, 3.8) is 0 Å². The molecule has 0 aliphatic heterocycles. The van der Waals surface area contributed by atoms with E-state index in [1.165, 1.54) is 6.42 Å². The fourth-order valence-electron chi connectivity index (χ4n) is 2.48. The van der Waals surface area contributed by atoms with Crippen LogP contribution in [0.25, 0.3) is 0 Å². The lowest BCUT2D eigenvalue weighted by Crippen LogP contribution is -2.48. The number of carbonyl (C=O) groups excluding carboxylic acids is 1. The summed E-state index contributed by atoms with van der Waals surface area (Å²) in [4.78, 5) is 11.4. The second-order valence-electron chi connectivity index (χ2n) is 6.96. The molecule has 124 valence electrons. The van der Waals surface area contributed by atoms with Crippen LogP contribution in [0.2, 0.25) is 0 Å². The molecule has 1 fully saturated rings. The molecule has 21 heavy (non-hydrogen) atoms. The van der Waals surface area contributed by atoms with Crippen molar-refractivity contribution in [2.45, 2.75) is 70.9 Å². The molecular formula is C15H28F2N2O2. The van der Waals surface area contributed by atoms with Crippen molar-refractivity contribution in [3.8, 4) is 0 Å². The lowest BCUT2D eigenvalue weighted by molar-refractivity contribution is -0.00785. The third-order valence-corrected chi connectivity index (χ3v) is 3.62. The fourth-order valence-corrected chi connectivity index (χ4v) is 2.48. The maximum absolute atomic E-state index is 13.8. The SMILES string of the molecule is CC1CCCCC1NCC(F)(F)CNC(=O)OC(C)(C)C. The molecule has 0 aromatic carbocycles. The number of halogens is 2. The molecule has 0 spiro atoms. The number of carbonyl (C=O) groups is 1. The van der Waals surface area contributed by atoms with E-state index in [1.54, 1.807) is 20.8 Å². The highest BCUT2D eigenvalue weighted by molar-refractivity contribution is 5.67. The van der Waals surface area contributed by atoms with Crippen LogP contribution in [-0.2, 0) is 4.74 Å². The van der Waals surface area contributed by atoms with Crippen molar-refractivity contribution in [1.82, 2.24) is 10.6 Å². The first kappa shape index (κ1) is 18.1. The van der Waals surface area contributed by atoms with Crippen LogP contribution in [-0.4, -0.2) is 36.7 Å². The minimum absolute atomic E-state index is 0.145. The van der Waals surface area contributed by atoms with Gasteiger partial charge in [0.15, 0.2) is 0 Å². The molecule has 1 aliphatic carbocycles. The van der Waals surface area contributed by atoms with Gasteiger partial charge < -0.3 is 15.4 Å². The van der Waals surface area contributed by atoms with Gasteiger partial charge in [0.05, 0.1) is 13.1 Å². The van der Waals surface area contributed by atoms with E-state index in [0.29, 0.717) is 5.92 Å². The Balaban J connectivity index is 2.31. The molecule has 0 radical (unpaired) electrons. The summed E-state index contributed by atoms with van der Waals surface area (Å²) in [5.74, 6) is -2.55.